The summed E-state index contributed by atoms with van der Waals surface area (Å²) < 4.78 is 16.9. The van der Waals surface area contributed by atoms with Gasteiger partial charge in [-0.3, -0.25) is 14.5 Å². The van der Waals surface area contributed by atoms with Crippen LogP contribution in [-0.2, 0) is 9.59 Å². The maximum Gasteiger partial charge on any atom is 0.300 e. The van der Waals surface area contributed by atoms with E-state index in [1.165, 1.54) is 4.90 Å². The second kappa shape index (κ2) is 11.0. The van der Waals surface area contributed by atoms with Gasteiger partial charge in [0.1, 0.15) is 23.0 Å². The zero-order chi connectivity index (χ0) is 25.7. The van der Waals surface area contributed by atoms with Crippen LogP contribution in [-0.4, -0.2) is 36.6 Å². The molecule has 7 nitrogen and oxygen atoms in total. The van der Waals surface area contributed by atoms with Crippen molar-refractivity contribution in [2.24, 2.45) is 0 Å². The summed E-state index contributed by atoms with van der Waals surface area (Å²) in [6.45, 7) is 6.92. The smallest absolute Gasteiger partial charge is 0.300 e. The van der Waals surface area contributed by atoms with Crippen LogP contribution in [0.2, 0.25) is 0 Å². The van der Waals surface area contributed by atoms with Crippen LogP contribution in [0.4, 0.5) is 5.69 Å². The highest BCUT2D eigenvalue weighted by Gasteiger charge is 2.47. The number of ether oxygens (including phenoxy) is 3. The number of benzene rings is 3. The Morgan fingerprint density at radius 1 is 0.806 bits per heavy atom. The number of rotatable bonds is 9. The molecule has 7 heteroatoms. The molecule has 1 N–H and O–H groups in total. The van der Waals surface area contributed by atoms with Crippen molar-refractivity contribution in [1.82, 2.24) is 0 Å². The molecule has 0 aliphatic carbocycles. The van der Waals surface area contributed by atoms with E-state index >= 15 is 0 Å². The van der Waals surface area contributed by atoms with Gasteiger partial charge in [-0.25, -0.2) is 0 Å². The minimum absolute atomic E-state index is 0.0156. The average molecular weight is 488 g/mol. The molecule has 3 aromatic rings. The maximum absolute atomic E-state index is 13.4. The Morgan fingerprint density at radius 2 is 1.42 bits per heavy atom. The van der Waals surface area contributed by atoms with Crippen molar-refractivity contribution in [2.75, 3.05) is 24.7 Å². The molecule has 1 amide bonds. The molecule has 1 unspecified atom stereocenters. The summed E-state index contributed by atoms with van der Waals surface area (Å²) in [5.74, 6) is -0.195. The largest absolute Gasteiger partial charge is 0.507 e. The molecule has 0 saturated carbocycles. The van der Waals surface area contributed by atoms with Crippen molar-refractivity contribution < 1.29 is 28.9 Å². The third-order valence-corrected chi connectivity index (χ3v) is 5.80. The Bertz CT molecular complexity index is 1270. The Morgan fingerprint density at radius 3 is 2.06 bits per heavy atom. The number of nitrogens with zero attached hydrogens (tertiary/aromatic N) is 1. The summed E-state index contributed by atoms with van der Waals surface area (Å²) in [6, 6.07) is 20.3. The lowest BCUT2D eigenvalue weighted by molar-refractivity contribution is -0.132. The molecule has 1 aliphatic heterocycles. The molecule has 36 heavy (non-hydrogen) atoms. The minimum atomic E-state index is -0.843. The van der Waals surface area contributed by atoms with Crippen LogP contribution in [0, 0.1) is 0 Å². The quantitative estimate of drug-likeness (QED) is 0.243. The first-order valence-electron chi connectivity index (χ1n) is 12.0. The lowest BCUT2D eigenvalue weighted by Crippen LogP contribution is -2.29. The van der Waals surface area contributed by atoms with E-state index in [9.17, 15) is 14.7 Å². The van der Waals surface area contributed by atoms with Gasteiger partial charge in [0, 0.05) is 11.8 Å². The number of Topliss-reactive ketones (excluding diaryl/α,β-unsaturated/α-hetero) is 1. The van der Waals surface area contributed by atoms with Crippen molar-refractivity contribution in [3.63, 3.8) is 0 Å². The first-order valence-corrected chi connectivity index (χ1v) is 12.0. The fraction of sp³-hybridized carbons (Fsp3) is 0.241. The first kappa shape index (κ1) is 24.9. The molecule has 1 heterocycles. The Kier molecular flexibility index (Phi) is 7.59. The van der Waals surface area contributed by atoms with E-state index in [-0.39, 0.29) is 11.3 Å². The molecule has 1 atom stereocenters. The highest BCUT2D eigenvalue weighted by Crippen LogP contribution is 2.44. The van der Waals surface area contributed by atoms with Crippen LogP contribution in [0.3, 0.4) is 0 Å². The normalized spacial score (nSPS) is 16.8. The van der Waals surface area contributed by atoms with Crippen molar-refractivity contribution in [2.45, 2.75) is 26.8 Å². The SMILES string of the molecule is CCOc1ccc(C2/C(=C(/O)c3ccc(OCC)cc3OCC)C(=O)C(=O)N2c2ccccc2)cc1. The van der Waals surface area contributed by atoms with Gasteiger partial charge in [-0.15, -0.1) is 0 Å². The second-order valence-electron chi connectivity index (χ2n) is 8.03. The summed E-state index contributed by atoms with van der Waals surface area (Å²) >= 11 is 0. The van der Waals surface area contributed by atoms with Gasteiger partial charge in [0.05, 0.1) is 37.0 Å². The van der Waals surface area contributed by atoms with Crippen LogP contribution >= 0.6 is 0 Å². The fourth-order valence-corrected chi connectivity index (χ4v) is 4.29. The standard InChI is InChI=1S/C29H29NO6/c1-4-34-21-14-12-19(13-15-21)26-25(28(32)29(33)30(26)20-10-8-7-9-11-20)27(31)23-17-16-22(35-5-2)18-24(23)36-6-3/h7-18,26,31H,4-6H2,1-3H3/b27-25-. The summed E-state index contributed by atoms with van der Waals surface area (Å²) in [6.07, 6.45) is 0. The van der Waals surface area contributed by atoms with Gasteiger partial charge in [0.15, 0.2) is 0 Å². The van der Waals surface area contributed by atoms with Crippen LogP contribution in [0.1, 0.15) is 37.9 Å². The van der Waals surface area contributed by atoms with Gasteiger partial charge in [0.25, 0.3) is 11.7 Å². The lowest BCUT2D eigenvalue weighted by Gasteiger charge is -2.25. The predicted molar refractivity (Wildman–Crippen MR) is 138 cm³/mol. The van der Waals surface area contributed by atoms with Crippen molar-refractivity contribution in [3.8, 4) is 17.2 Å². The van der Waals surface area contributed by atoms with E-state index in [2.05, 4.69) is 0 Å². The van der Waals surface area contributed by atoms with Gasteiger partial charge in [-0.1, -0.05) is 30.3 Å². The van der Waals surface area contributed by atoms with Gasteiger partial charge in [0.2, 0.25) is 0 Å². The van der Waals surface area contributed by atoms with Gasteiger partial charge >= 0.3 is 0 Å². The lowest BCUT2D eigenvalue weighted by atomic mass is 9.94. The highest BCUT2D eigenvalue weighted by atomic mass is 16.5. The number of anilines is 1. The molecular weight excluding hydrogens is 458 g/mol. The molecular formula is C29H29NO6. The summed E-state index contributed by atoms with van der Waals surface area (Å²) in [7, 11) is 0. The van der Waals surface area contributed by atoms with Gasteiger partial charge in [-0.05, 0) is 62.7 Å². The van der Waals surface area contributed by atoms with E-state index < -0.39 is 17.7 Å². The highest BCUT2D eigenvalue weighted by molar-refractivity contribution is 6.51. The molecule has 0 spiro atoms. The Labute approximate surface area is 210 Å². The minimum Gasteiger partial charge on any atom is -0.507 e. The summed E-state index contributed by atoms with van der Waals surface area (Å²) in [4.78, 5) is 28.1. The number of ketones is 1. The second-order valence-corrected chi connectivity index (χ2v) is 8.03. The van der Waals surface area contributed by atoms with Crippen molar-refractivity contribution in [3.05, 3.63) is 89.5 Å². The average Bonchev–Trinajstić information content (AvgIpc) is 3.16. The molecule has 1 fully saturated rings. The van der Waals surface area contributed by atoms with E-state index in [1.807, 2.05) is 26.8 Å². The zero-order valence-corrected chi connectivity index (χ0v) is 20.6. The van der Waals surface area contributed by atoms with Gasteiger partial charge in [-0.2, -0.15) is 0 Å². The molecule has 1 aliphatic rings. The molecule has 0 aromatic heterocycles. The molecule has 0 radical (unpaired) electrons. The Balaban J connectivity index is 1.91. The van der Waals surface area contributed by atoms with Crippen molar-refractivity contribution in [1.29, 1.82) is 0 Å². The third-order valence-electron chi connectivity index (χ3n) is 5.80. The first-order chi connectivity index (χ1) is 17.5. The topological polar surface area (TPSA) is 85.3 Å². The number of para-hydroxylation sites is 1. The van der Waals surface area contributed by atoms with E-state index in [0.717, 1.165) is 0 Å². The summed E-state index contributed by atoms with van der Waals surface area (Å²) in [5.41, 5.74) is 1.50. The number of carbonyl (C=O) groups is 2. The fourth-order valence-electron chi connectivity index (χ4n) is 4.29. The van der Waals surface area contributed by atoms with Gasteiger partial charge < -0.3 is 19.3 Å². The third kappa shape index (κ3) is 4.77. The molecule has 1 saturated heterocycles. The van der Waals surface area contributed by atoms with E-state index in [0.29, 0.717) is 53.9 Å². The summed E-state index contributed by atoms with van der Waals surface area (Å²) in [5, 5.41) is 11.5. The van der Waals surface area contributed by atoms with Crippen LogP contribution in [0.15, 0.2) is 78.4 Å². The molecule has 4 rings (SSSR count). The monoisotopic (exact) mass is 487 g/mol. The van der Waals surface area contributed by atoms with Crippen LogP contribution < -0.4 is 19.1 Å². The number of aliphatic hydroxyl groups is 1. The van der Waals surface area contributed by atoms with Crippen LogP contribution in [0.25, 0.3) is 5.76 Å². The molecule has 186 valence electrons. The Hall–Kier alpha value is -4.26. The predicted octanol–water partition coefficient (Wildman–Crippen LogP) is 5.51. The number of hydrogen-bond acceptors (Lipinski definition) is 6. The number of carbonyl (C=O) groups excluding carboxylic acids is 2. The number of aliphatic hydroxyl groups excluding tert-OH is 1. The van der Waals surface area contributed by atoms with E-state index in [4.69, 9.17) is 14.2 Å². The molecule has 0 bridgehead atoms. The van der Waals surface area contributed by atoms with Crippen molar-refractivity contribution >= 4 is 23.1 Å². The van der Waals surface area contributed by atoms with E-state index in [1.54, 1.807) is 66.7 Å². The zero-order valence-electron chi connectivity index (χ0n) is 20.6. The molecule has 3 aromatic carbocycles. The maximum atomic E-state index is 13.4. The van der Waals surface area contributed by atoms with Crippen LogP contribution in [0.5, 0.6) is 17.2 Å². The number of hydrogen-bond donors (Lipinski definition) is 1. The number of amides is 1.